The molecule has 3 N–H and O–H groups in total. The maximum absolute atomic E-state index is 10.5. The summed E-state index contributed by atoms with van der Waals surface area (Å²) in [6.45, 7) is 3.88. The van der Waals surface area contributed by atoms with Crippen molar-refractivity contribution in [3.05, 3.63) is 17.9 Å². The molecular weight excluding hydrogens is 198 g/mol. The van der Waals surface area contributed by atoms with Crippen molar-refractivity contribution in [1.82, 2.24) is 0 Å². The number of hydrogen-bond donors (Lipinski definition) is 3. The molecule has 0 radical (unpaired) electrons. The second-order valence-electron chi connectivity index (χ2n) is 3.65. The van der Waals surface area contributed by atoms with E-state index in [2.05, 4.69) is 5.32 Å². The number of nitrogens with one attached hydrogen (secondary N) is 1. The van der Waals surface area contributed by atoms with E-state index in [0.29, 0.717) is 5.88 Å². The van der Waals surface area contributed by atoms with Gasteiger partial charge in [-0.25, -0.2) is 4.79 Å². The van der Waals surface area contributed by atoms with E-state index in [-0.39, 0.29) is 24.3 Å². The molecule has 0 aliphatic heterocycles. The highest BCUT2D eigenvalue weighted by Gasteiger charge is 2.15. The first-order valence-corrected chi connectivity index (χ1v) is 4.75. The molecule has 5 heteroatoms. The van der Waals surface area contributed by atoms with E-state index in [1.165, 1.54) is 12.1 Å². The molecule has 15 heavy (non-hydrogen) atoms. The number of aliphatic hydroxyl groups is 1. The minimum Gasteiger partial charge on any atom is -0.475 e. The Kier molecular flexibility index (Phi) is 3.74. The Morgan fingerprint density at radius 1 is 1.53 bits per heavy atom. The maximum Gasteiger partial charge on any atom is 0.371 e. The SMILES string of the molecule is CC(C)C(CO)Nc1ccc(C(=O)O)o1. The number of anilines is 1. The van der Waals surface area contributed by atoms with Crippen LogP contribution < -0.4 is 5.32 Å². The van der Waals surface area contributed by atoms with E-state index < -0.39 is 5.97 Å². The molecule has 0 aliphatic rings. The number of carbonyl (C=O) groups is 1. The molecule has 1 unspecified atom stereocenters. The lowest BCUT2D eigenvalue weighted by molar-refractivity contribution is 0.0663. The summed E-state index contributed by atoms with van der Waals surface area (Å²) in [4.78, 5) is 10.5. The van der Waals surface area contributed by atoms with Gasteiger partial charge in [0.2, 0.25) is 5.76 Å². The van der Waals surface area contributed by atoms with Crippen molar-refractivity contribution in [2.24, 2.45) is 5.92 Å². The molecular formula is C10H15NO4. The van der Waals surface area contributed by atoms with E-state index in [1.54, 1.807) is 0 Å². The average Bonchev–Trinajstić information content (AvgIpc) is 2.61. The standard InChI is InChI=1S/C10H15NO4/c1-6(2)7(5-12)11-9-4-3-8(15-9)10(13)14/h3-4,6-7,11-12H,5H2,1-2H3,(H,13,14). The Morgan fingerprint density at radius 3 is 2.60 bits per heavy atom. The van der Waals surface area contributed by atoms with E-state index in [4.69, 9.17) is 14.6 Å². The van der Waals surface area contributed by atoms with Crippen LogP contribution in [-0.2, 0) is 0 Å². The fourth-order valence-corrected chi connectivity index (χ4v) is 1.14. The Balaban J connectivity index is 2.67. The van der Waals surface area contributed by atoms with Crippen molar-refractivity contribution in [3.63, 3.8) is 0 Å². The topological polar surface area (TPSA) is 82.7 Å². The van der Waals surface area contributed by atoms with E-state index in [9.17, 15) is 4.79 Å². The molecule has 1 aromatic heterocycles. The van der Waals surface area contributed by atoms with Gasteiger partial charge in [-0.15, -0.1) is 0 Å². The number of carboxylic acid groups (broad SMARTS) is 1. The van der Waals surface area contributed by atoms with Crippen LogP contribution in [-0.4, -0.2) is 28.8 Å². The molecule has 1 rings (SSSR count). The van der Waals surface area contributed by atoms with Crippen LogP contribution in [0.25, 0.3) is 0 Å². The van der Waals surface area contributed by atoms with Crippen molar-refractivity contribution in [2.75, 3.05) is 11.9 Å². The van der Waals surface area contributed by atoms with Crippen molar-refractivity contribution < 1.29 is 19.4 Å². The molecule has 0 amide bonds. The number of carboxylic acids is 1. The van der Waals surface area contributed by atoms with Crippen LogP contribution in [0.3, 0.4) is 0 Å². The predicted molar refractivity (Wildman–Crippen MR) is 55.0 cm³/mol. The fraction of sp³-hybridized carbons (Fsp3) is 0.500. The zero-order valence-corrected chi connectivity index (χ0v) is 8.73. The van der Waals surface area contributed by atoms with Gasteiger partial charge in [0.15, 0.2) is 5.88 Å². The number of aromatic carboxylic acids is 1. The summed E-state index contributed by atoms with van der Waals surface area (Å²) in [5, 5.41) is 20.6. The van der Waals surface area contributed by atoms with Crippen LogP contribution in [0.1, 0.15) is 24.4 Å². The second kappa shape index (κ2) is 4.84. The molecule has 5 nitrogen and oxygen atoms in total. The smallest absolute Gasteiger partial charge is 0.371 e. The lowest BCUT2D eigenvalue weighted by atomic mass is 10.1. The van der Waals surface area contributed by atoms with E-state index in [1.807, 2.05) is 13.8 Å². The van der Waals surface area contributed by atoms with Crippen LogP contribution >= 0.6 is 0 Å². The van der Waals surface area contributed by atoms with Gasteiger partial charge < -0.3 is 19.9 Å². The molecule has 0 saturated carbocycles. The Hall–Kier alpha value is -1.49. The number of aliphatic hydroxyl groups excluding tert-OH is 1. The third kappa shape index (κ3) is 2.99. The molecule has 1 heterocycles. The minimum atomic E-state index is -1.10. The fourth-order valence-electron chi connectivity index (χ4n) is 1.14. The first-order chi connectivity index (χ1) is 7.04. The van der Waals surface area contributed by atoms with Gasteiger partial charge >= 0.3 is 5.97 Å². The van der Waals surface area contributed by atoms with Crippen LogP contribution in [0.15, 0.2) is 16.5 Å². The summed E-state index contributed by atoms with van der Waals surface area (Å²) in [6, 6.07) is 2.77. The molecule has 0 aromatic carbocycles. The lowest BCUT2D eigenvalue weighted by Gasteiger charge is -2.18. The van der Waals surface area contributed by atoms with Gasteiger partial charge in [0.25, 0.3) is 0 Å². The summed E-state index contributed by atoms with van der Waals surface area (Å²) in [7, 11) is 0. The van der Waals surface area contributed by atoms with Gasteiger partial charge in [0.1, 0.15) is 0 Å². The normalized spacial score (nSPS) is 12.8. The third-order valence-electron chi connectivity index (χ3n) is 2.15. The summed E-state index contributed by atoms with van der Waals surface area (Å²) < 4.78 is 5.01. The van der Waals surface area contributed by atoms with Gasteiger partial charge in [0.05, 0.1) is 12.6 Å². The molecule has 1 atom stereocenters. The monoisotopic (exact) mass is 213 g/mol. The van der Waals surface area contributed by atoms with Crippen molar-refractivity contribution in [3.8, 4) is 0 Å². The molecule has 1 aromatic rings. The highest BCUT2D eigenvalue weighted by Crippen LogP contribution is 2.16. The van der Waals surface area contributed by atoms with Gasteiger partial charge in [-0.3, -0.25) is 0 Å². The van der Waals surface area contributed by atoms with Crippen molar-refractivity contribution in [1.29, 1.82) is 0 Å². The van der Waals surface area contributed by atoms with E-state index >= 15 is 0 Å². The Bertz CT molecular complexity index is 332. The van der Waals surface area contributed by atoms with Gasteiger partial charge in [-0.2, -0.15) is 0 Å². The minimum absolute atomic E-state index is 0.0270. The molecule has 0 aliphatic carbocycles. The summed E-state index contributed by atoms with van der Waals surface area (Å²) in [6.07, 6.45) is 0. The molecule has 0 spiro atoms. The highest BCUT2D eigenvalue weighted by atomic mass is 16.4. The Labute approximate surface area is 87.7 Å². The van der Waals surface area contributed by atoms with Gasteiger partial charge in [0, 0.05) is 6.07 Å². The highest BCUT2D eigenvalue weighted by molar-refractivity contribution is 5.84. The molecule has 0 bridgehead atoms. The molecule has 84 valence electrons. The quantitative estimate of drug-likeness (QED) is 0.688. The first-order valence-electron chi connectivity index (χ1n) is 4.75. The lowest BCUT2D eigenvalue weighted by Crippen LogP contribution is -2.29. The largest absolute Gasteiger partial charge is 0.475 e. The van der Waals surface area contributed by atoms with Gasteiger partial charge in [-0.1, -0.05) is 13.8 Å². The summed E-state index contributed by atoms with van der Waals surface area (Å²) in [5.74, 6) is -0.625. The number of rotatable bonds is 5. The zero-order valence-electron chi connectivity index (χ0n) is 8.73. The predicted octanol–water partition coefficient (Wildman–Crippen LogP) is 1.41. The molecule has 0 fully saturated rings. The number of hydrogen-bond acceptors (Lipinski definition) is 4. The Morgan fingerprint density at radius 2 is 2.20 bits per heavy atom. The second-order valence-corrected chi connectivity index (χ2v) is 3.65. The number of furan rings is 1. The zero-order chi connectivity index (χ0) is 11.4. The van der Waals surface area contributed by atoms with Crippen molar-refractivity contribution >= 4 is 11.9 Å². The van der Waals surface area contributed by atoms with Crippen LogP contribution in [0.5, 0.6) is 0 Å². The first kappa shape index (κ1) is 11.6. The summed E-state index contributed by atoms with van der Waals surface area (Å²) >= 11 is 0. The van der Waals surface area contributed by atoms with Crippen LogP contribution in [0.2, 0.25) is 0 Å². The third-order valence-corrected chi connectivity index (χ3v) is 2.15. The van der Waals surface area contributed by atoms with E-state index in [0.717, 1.165) is 0 Å². The summed E-state index contributed by atoms with van der Waals surface area (Å²) in [5.41, 5.74) is 0. The van der Waals surface area contributed by atoms with Crippen LogP contribution in [0.4, 0.5) is 5.88 Å². The van der Waals surface area contributed by atoms with Crippen molar-refractivity contribution in [2.45, 2.75) is 19.9 Å². The van der Waals surface area contributed by atoms with Crippen LogP contribution in [0, 0.1) is 5.92 Å². The average molecular weight is 213 g/mol. The van der Waals surface area contributed by atoms with Gasteiger partial charge in [-0.05, 0) is 12.0 Å². The molecule has 0 saturated heterocycles. The maximum atomic E-state index is 10.5.